The van der Waals surface area contributed by atoms with E-state index in [4.69, 9.17) is 16.1 Å². The van der Waals surface area contributed by atoms with Gasteiger partial charge in [-0.2, -0.15) is 4.98 Å². The fourth-order valence-corrected chi connectivity index (χ4v) is 3.40. The van der Waals surface area contributed by atoms with Crippen molar-refractivity contribution in [2.24, 2.45) is 0 Å². The lowest BCUT2D eigenvalue weighted by atomic mass is 10.1. The van der Waals surface area contributed by atoms with Crippen LogP contribution in [0.25, 0.3) is 0 Å². The molecular weight excluding hydrogens is 374 g/mol. The Bertz CT molecular complexity index is 831. The molecule has 4 rings (SSSR count). The molecule has 10 heteroatoms. The number of benzene rings is 1. The summed E-state index contributed by atoms with van der Waals surface area (Å²) in [6, 6.07) is 6.01. The van der Waals surface area contributed by atoms with Crippen LogP contribution in [0.1, 0.15) is 23.4 Å². The maximum atomic E-state index is 12.4. The minimum absolute atomic E-state index is 0.0747. The van der Waals surface area contributed by atoms with Gasteiger partial charge in [-0.05, 0) is 17.7 Å². The van der Waals surface area contributed by atoms with Crippen molar-refractivity contribution < 1.29 is 19.2 Å². The molecule has 9 nitrogen and oxygen atoms in total. The van der Waals surface area contributed by atoms with E-state index in [0.717, 1.165) is 4.90 Å². The van der Waals surface area contributed by atoms with Gasteiger partial charge in [0.25, 0.3) is 5.91 Å². The number of carbonyl (C=O) groups excluding carboxylic acids is 2. The zero-order valence-electron chi connectivity index (χ0n) is 14.3. The Kier molecular flexibility index (Phi) is 4.81. The van der Waals surface area contributed by atoms with Crippen molar-refractivity contribution in [1.82, 2.24) is 25.3 Å². The highest BCUT2D eigenvalue weighted by molar-refractivity contribution is 6.30. The van der Waals surface area contributed by atoms with Gasteiger partial charge >= 0.3 is 6.03 Å². The summed E-state index contributed by atoms with van der Waals surface area (Å²) >= 11 is 5.84. The third kappa shape index (κ3) is 3.53. The molecule has 0 radical (unpaired) electrons. The van der Waals surface area contributed by atoms with Crippen LogP contribution >= 0.6 is 11.6 Å². The quantitative estimate of drug-likeness (QED) is 0.723. The van der Waals surface area contributed by atoms with Crippen molar-refractivity contribution in [3.05, 3.63) is 46.6 Å². The number of fused-ring (bicyclic) bond motifs is 1. The number of hydrogen-bond acceptors (Lipinski definition) is 7. The first kappa shape index (κ1) is 17.9. The second kappa shape index (κ2) is 7.26. The number of carbonyl (C=O) groups is 2. The lowest BCUT2D eigenvalue weighted by Gasteiger charge is -2.26. The molecule has 3 amide bonds. The van der Waals surface area contributed by atoms with Crippen molar-refractivity contribution >= 4 is 23.5 Å². The molecule has 0 unspecified atom stereocenters. The normalized spacial score (nSPS) is 20.9. The first-order valence-electron chi connectivity index (χ1n) is 8.60. The van der Waals surface area contributed by atoms with Crippen molar-refractivity contribution in [3.8, 4) is 0 Å². The van der Waals surface area contributed by atoms with Crippen LogP contribution in [0.5, 0.6) is 0 Å². The zero-order valence-corrected chi connectivity index (χ0v) is 15.1. The number of aliphatic hydroxyl groups excluding tert-OH is 1. The third-order valence-electron chi connectivity index (χ3n) is 4.71. The van der Waals surface area contributed by atoms with Crippen molar-refractivity contribution in [2.45, 2.75) is 25.1 Å². The number of hydrogen-bond donors (Lipinski definition) is 2. The largest absolute Gasteiger partial charge is 0.388 e. The Morgan fingerprint density at radius 3 is 2.85 bits per heavy atom. The van der Waals surface area contributed by atoms with E-state index in [0.29, 0.717) is 36.0 Å². The van der Waals surface area contributed by atoms with Gasteiger partial charge in [0.15, 0.2) is 5.82 Å². The summed E-state index contributed by atoms with van der Waals surface area (Å²) in [6.07, 6.45) is -0.672. The van der Waals surface area contributed by atoms with Crippen molar-refractivity contribution in [2.75, 3.05) is 19.6 Å². The summed E-state index contributed by atoms with van der Waals surface area (Å²) in [5.41, 5.74) is 0.681. The molecule has 3 heterocycles. The predicted octanol–water partition coefficient (Wildman–Crippen LogP) is 0.735. The van der Waals surface area contributed by atoms with Crippen LogP contribution in [0.3, 0.4) is 0 Å². The van der Waals surface area contributed by atoms with Gasteiger partial charge in [0.05, 0.1) is 6.10 Å². The molecule has 1 aromatic heterocycles. The number of amides is 3. The molecule has 0 saturated carbocycles. The summed E-state index contributed by atoms with van der Waals surface area (Å²) < 4.78 is 5.16. The molecule has 1 aromatic carbocycles. The predicted molar refractivity (Wildman–Crippen MR) is 93.7 cm³/mol. The number of aliphatic hydroxyl groups is 1. The van der Waals surface area contributed by atoms with Crippen LogP contribution in [-0.2, 0) is 17.8 Å². The highest BCUT2D eigenvalue weighted by Gasteiger charge is 2.46. The second-order valence-electron chi connectivity index (χ2n) is 6.50. The molecule has 2 fully saturated rings. The van der Waals surface area contributed by atoms with E-state index in [1.54, 1.807) is 29.2 Å². The molecule has 27 heavy (non-hydrogen) atoms. The van der Waals surface area contributed by atoms with Crippen LogP contribution in [0.4, 0.5) is 4.79 Å². The first-order chi connectivity index (χ1) is 13.0. The summed E-state index contributed by atoms with van der Waals surface area (Å²) in [6.45, 7) is 1.53. The monoisotopic (exact) mass is 391 g/mol. The highest BCUT2D eigenvalue weighted by Crippen LogP contribution is 2.22. The van der Waals surface area contributed by atoms with Gasteiger partial charge in [-0.15, -0.1) is 0 Å². The smallest absolute Gasteiger partial charge is 0.328 e. The van der Waals surface area contributed by atoms with E-state index in [2.05, 4.69) is 15.5 Å². The maximum absolute atomic E-state index is 12.4. The van der Waals surface area contributed by atoms with Gasteiger partial charge < -0.3 is 19.8 Å². The Balaban J connectivity index is 1.41. The number of urea groups is 1. The van der Waals surface area contributed by atoms with Crippen LogP contribution < -0.4 is 5.32 Å². The molecule has 0 bridgehead atoms. The van der Waals surface area contributed by atoms with Crippen LogP contribution in [0, 0.1) is 0 Å². The van der Waals surface area contributed by atoms with Gasteiger partial charge in [0.1, 0.15) is 12.6 Å². The van der Waals surface area contributed by atoms with E-state index in [1.165, 1.54) is 0 Å². The molecule has 2 aromatic rings. The van der Waals surface area contributed by atoms with Gasteiger partial charge in [-0.1, -0.05) is 28.9 Å². The Hall–Kier alpha value is -2.49. The molecule has 2 aliphatic rings. The first-order valence-corrected chi connectivity index (χ1v) is 8.98. The van der Waals surface area contributed by atoms with E-state index in [1.807, 2.05) is 0 Å². The Morgan fingerprint density at radius 1 is 1.33 bits per heavy atom. The molecule has 2 aliphatic heterocycles. The molecule has 0 aliphatic carbocycles. The van der Waals surface area contributed by atoms with E-state index in [-0.39, 0.29) is 30.8 Å². The fourth-order valence-electron chi connectivity index (χ4n) is 3.28. The maximum Gasteiger partial charge on any atom is 0.328 e. The SMILES string of the molecule is O=C1[C@H]2CNCCN2C(=O)N1Cc1nc(C[C@H](O)c2ccc(Cl)cc2)no1. The van der Waals surface area contributed by atoms with Crippen LogP contribution in [0.15, 0.2) is 28.8 Å². The van der Waals surface area contributed by atoms with Crippen LogP contribution in [0.2, 0.25) is 5.02 Å². The highest BCUT2D eigenvalue weighted by atomic mass is 35.5. The van der Waals surface area contributed by atoms with Crippen molar-refractivity contribution in [3.63, 3.8) is 0 Å². The number of nitrogens with zero attached hydrogens (tertiary/aromatic N) is 4. The summed E-state index contributed by atoms with van der Waals surface area (Å²) in [7, 11) is 0. The van der Waals surface area contributed by atoms with Gasteiger partial charge in [-0.3, -0.25) is 9.69 Å². The van der Waals surface area contributed by atoms with E-state index >= 15 is 0 Å². The average molecular weight is 392 g/mol. The zero-order chi connectivity index (χ0) is 19.0. The molecule has 2 N–H and O–H groups in total. The van der Waals surface area contributed by atoms with Crippen LogP contribution in [-0.4, -0.2) is 62.7 Å². The summed E-state index contributed by atoms with van der Waals surface area (Å²) in [5, 5.41) is 17.8. The van der Waals surface area contributed by atoms with Gasteiger partial charge in [0, 0.05) is 31.1 Å². The minimum atomic E-state index is -0.817. The Labute approximate surface area is 159 Å². The number of rotatable bonds is 5. The molecular formula is C17H18ClN5O4. The molecule has 142 valence electrons. The van der Waals surface area contributed by atoms with Crippen molar-refractivity contribution in [1.29, 1.82) is 0 Å². The molecule has 2 saturated heterocycles. The minimum Gasteiger partial charge on any atom is -0.388 e. The number of imide groups is 1. The standard InChI is InChI=1S/C17H18ClN5O4/c18-11-3-1-10(2-4-11)13(24)7-14-20-15(27-21-14)9-23-16(25)12-8-19-5-6-22(12)17(23)26/h1-4,12-13,19,24H,5-9H2/t12-,13+/m1/s1. The lowest BCUT2D eigenvalue weighted by molar-refractivity contribution is -0.129. The number of nitrogens with one attached hydrogen (secondary N) is 1. The summed E-state index contributed by atoms with van der Waals surface area (Å²) in [5.74, 6) is 0.182. The molecule has 2 atom stereocenters. The Morgan fingerprint density at radius 2 is 2.11 bits per heavy atom. The number of halogens is 1. The fraction of sp³-hybridized carbons (Fsp3) is 0.412. The van der Waals surface area contributed by atoms with Gasteiger partial charge in [0.2, 0.25) is 5.89 Å². The van der Waals surface area contributed by atoms with Gasteiger partial charge in [-0.25, -0.2) is 4.79 Å². The van der Waals surface area contributed by atoms with E-state index < -0.39 is 12.1 Å². The topological polar surface area (TPSA) is 112 Å². The average Bonchev–Trinajstić information content (AvgIpc) is 3.21. The summed E-state index contributed by atoms with van der Waals surface area (Å²) in [4.78, 5) is 31.7. The second-order valence-corrected chi connectivity index (χ2v) is 6.93. The third-order valence-corrected chi connectivity index (χ3v) is 4.96. The number of aromatic nitrogens is 2. The molecule has 0 spiro atoms. The lowest BCUT2D eigenvalue weighted by Crippen LogP contribution is -2.51. The number of piperazine rings is 1. The van der Waals surface area contributed by atoms with E-state index in [9.17, 15) is 14.7 Å².